The summed E-state index contributed by atoms with van der Waals surface area (Å²) in [6.07, 6.45) is 11.4. The van der Waals surface area contributed by atoms with Gasteiger partial charge in [0.15, 0.2) is 0 Å². The predicted octanol–water partition coefficient (Wildman–Crippen LogP) is 2.28. The van der Waals surface area contributed by atoms with Gasteiger partial charge in [-0.2, -0.15) is 0 Å². The first-order valence-corrected chi connectivity index (χ1v) is 6.96. The Morgan fingerprint density at radius 1 is 1.12 bits per heavy atom. The maximum atomic E-state index is 4.31. The van der Waals surface area contributed by atoms with Crippen LogP contribution in [-0.4, -0.2) is 32.3 Å². The molecule has 2 fully saturated rings. The smallest absolute Gasteiger partial charge is 0.149 e. The van der Waals surface area contributed by atoms with Crippen molar-refractivity contribution >= 4 is 0 Å². The molecule has 1 saturated heterocycles. The third-order valence-corrected chi connectivity index (χ3v) is 4.38. The minimum Gasteiger partial charge on any atom is -0.319 e. The quantitative estimate of drug-likeness (QED) is 0.787. The van der Waals surface area contributed by atoms with E-state index in [0.29, 0.717) is 6.04 Å². The highest BCUT2D eigenvalue weighted by Crippen LogP contribution is 2.36. The van der Waals surface area contributed by atoms with Crippen molar-refractivity contribution in [3.8, 4) is 0 Å². The Bertz CT molecular complexity index is 367. The van der Waals surface area contributed by atoms with Crippen molar-refractivity contribution in [2.24, 2.45) is 7.05 Å². The Kier molecular flexibility index (Phi) is 3.14. The van der Waals surface area contributed by atoms with Gasteiger partial charge >= 0.3 is 0 Å². The van der Waals surface area contributed by atoms with Crippen LogP contribution in [0.15, 0.2) is 6.33 Å². The summed E-state index contributed by atoms with van der Waals surface area (Å²) in [4.78, 5) is 2.70. The average Bonchev–Trinajstić information content (AvgIpc) is 2.98. The molecule has 0 N–H and O–H groups in total. The van der Waals surface area contributed by atoms with Crippen LogP contribution < -0.4 is 0 Å². The molecule has 94 valence electrons. The summed E-state index contributed by atoms with van der Waals surface area (Å²) in [5, 5.41) is 8.35. The van der Waals surface area contributed by atoms with E-state index in [1.165, 1.54) is 51.5 Å². The second-order valence-corrected chi connectivity index (χ2v) is 5.49. The van der Waals surface area contributed by atoms with Gasteiger partial charge in [0.05, 0.1) is 6.04 Å². The SMILES string of the molecule is Cn1cnnc1[C@@H]1CCCN1C1CCCCC1. The van der Waals surface area contributed by atoms with Gasteiger partial charge in [0.2, 0.25) is 0 Å². The van der Waals surface area contributed by atoms with Crippen LogP contribution in [0.4, 0.5) is 0 Å². The first-order chi connectivity index (χ1) is 8.36. The minimum absolute atomic E-state index is 0.519. The van der Waals surface area contributed by atoms with E-state index in [4.69, 9.17) is 0 Å². The van der Waals surface area contributed by atoms with Crippen molar-refractivity contribution in [3.63, 3.8) is 0 Å². The first-order valence-electron chi connectivity index (χ1n) is 6.96. The fraction of sp³-hybridized carbons (Fsp3) is 0.846. The predicted molar refractivity (Wildman–Crippen MR) is 66.6 cm³/mol. The van der Waals surface area contributed by atoms with Gasteiger partial charge in [0.1, 0.15) is 12.2 Å². The highest BCUT2D eigenvalue weighted by molar-refractivity contribution is 5.00. The van der Waals surface area contributed by atoms with Crippen LogP contribution in [0.1, 0.15) is 56.8 Å². The zero-order chi connectivity index (χ0) is 11.7. The number of aryl methyl sites for hydroxylation is 1. The fourth-order valence-electron chi connectivity index (χ4n) is 3.51. The van der Waals surface area contributed by atoms with E-state index >= 15 is 0 Å². The van der Waals surface area contributed by atoms with E-state index in [-0.39, 0.29) is 0 Å². The van der Waals surface area contributed by atoms with E-state index in [0.717, 1.165) is 11.9 Å². The number of rotatable bonds is 2. The highest BCUT2D eigenvalue weighted by atomic mass is 15.3. The molecule has 1 aromatic rings. The topological polar surface area (TPSA) is 34.0 Å². The molecule has 4 nitrogen and oxygen atoms in total. The van der Waals surface area contributed by atoms with Gasteiger partial charge < -0.3 is 4.57 Å². The molecule has 0 bridgehead atoms. The zero-order valence-corrected chi connectivity index (χ0v) is 10.7. The van der Waals surface area contributed by atoms with Crippen LogP contribution in [0.5, 0.6) is 0 Å². The lowest BCUT2D eigenvalue weighted by Crippen LogP contribution is -2.37. The van der Waals surface area contributed by atoms with E-state index in [2.05, 4.69) is 26.7 Å². The van der Waals surface area contributed by atoms with Gasteiger partial charge in [0, 0.05) is 13.1 Å². The number of hydrogen-bond donors (Lipinski definition) is 0. The highest BCUT2D eigenvalue weighted by Gasteiger charge is 2.34. The summed E-state index contributed by atoms with van der Waals surface area (Å²) in [7, 11) is 2.06. The van der Waals surface area contributed by atoms with Gasteiger partial charge in [-0.05, 0) is 32.2 Å². The molecule has 2 aliphatic rings. The van der Waals surface area contributed by atoms with Crippen LogP contribution in [0.2, 0.25) is 0 Å². The molecular weight excluding hydrogens is 212 g/mol. The Hall–Kier alpha value is -0.900. The summed E-state index contributed by atoms with van der Waals surface area (Å²) in [6, 6.07) is 1.32. The van der Waals surface area contributed by atoms with Crippen molar-refractivity contribution in [2.75, 3.05) is 6.54 Å². The first kappa shape index (κ1) is 11.2. The number of hydrogen-bond acceptors (Lipinski definition) is 3. The molecule has 0 spiro atoms. The molecule has 17 heavy (non-hydrogen) atoms. The Balaban J connectivity index is 1.77. The Morgan fingerprint density at radius 3 is 2.65 bits per heavy atom. The summed E-state index contributed by atoms with van der Waals surface area (Å²) in [6.45, 7) is 1.25. The number of likely N-dealkylation sites (tertiary alicyclic amines) is 1. The molecule has 0 aromatic carbocycles. The summed E-state index contributed by atoms with van der Waals surface area (Å²) < 4.78 is 2.09. The summed E-state index contributed by atoms with van der Waals surface area (Å²) in [5.74, 6) is 1.16. The van der Waals surface area contributed by atoms with Crippen molar-refractivity contribution in [1.82, 2.24) is 19.7 Å². The molecule has 1 aliphatic carbocycles. The van der Waals surface area contributed by atoms with Crippen molar-refractivity contribution in [1.29, 1.82) is 0 Å². The summed E-state index contributed by atoms with van der Waals surface area (Å²) >= 11 is 0. The Labute approximate surface area is 103 Å². The lowest BCUT2D eigenvalue weighted by atomic mass is 9.93. The number of nitrogens with zero attached hydrogens (tertiary/aromatic N) is 4. The van der Waals surface area contributed by atoms with Crippen molar-refractivity contribution < 1.29 is 0 Å². The third kappa shape index (κ3) is 2.10. The van der Waals surface area contributed by atoms with Crippen LogP contribution in [0, 0.1) is 0 Å². The summed E-state index contributed by atoms with van der Waals surface area (Å²) in [5.41, 5.74) is 0. The second kappa shape index (κ2) is 4.77. The Morgan fingerprint density at radius 2 is 1.94 bits per heavy atom. The molecule has 1 aliphatic heterocycles. The molecule has 0 unspecified atom stereocenters. The van der Waals surface area contributed by atoms with Crippen molar-refractivity contribution in [2.45, 2.75) is 57.0 Å². The third-order valence-electron chi connectivity index (χ3n) is 4.38. The molecular formula is C13H22N4. The molecule has 2 heterocycles. The maximum Gasteiger partial charge on any atom is 0.149 e. The number of aromatic nitrogens is 3. The van der Waals surface area contributed by atoms with Crippen molar-refractivity contribution in [3.05, 3.63) is 12.2 Å². The van der Waals surface area contributed by atoms with Crippen LogP contribution in [0.3, 0.4) is 0 Å². The van der Waals surface area contributed by atoms with E-state index in [1.807, 2.05) is 6.33 Å². The normalized spacial score (nSPS) is 27.7. The molecule has 1 atom stereocenters. The fourth-order valence-corrected chi connectivity index (χ4v) is 3.51. The standard InChI is InChI=1S/C13H22N4/c1-16-10-14-15-13(16)12-8-5-9-17(12)11-6-3-2-4-7-11/h10-12H,2-9H2,1H3/t12-/m0/s1. The maximum absolute atomic E-state index is 4.31. The zero-order valence-electron chi connectivity index (χ0n) is 10.7. The van der Waals surface area contributed by atoms with Crippen LogP contribution in [0.25, 0.3) is 0 Å². The lowest BCUT2D eigenvalue weighted by Gasteiger charge is -2.34. The monoisotopic (exact) mass is 234 g/mol. The van der Waals surface area contributed by atoms with Crippen LogP contribution in [-0.2, 0) is 7.05 Å². The van der Waals surface area contributed by atoms with E-state index < -0.39 is 0 Å². The second-order valence-electron chi connectivity index (χ2n) is 5.49. The molecule has 1 saturated carbocycles. The molecule has 0 radical (unpaired) electrons. The lowest BCUT2D eigenvalue weighted by molar-refractivity contribution is 0.136. The molecule has 0 amide bonds. The van der Waals surface area contributed by atoms with Crippen LogP contribution >= 0.6 is 0 Å². The molecule has 3 rings (SSSR count). The van der Waals surface area contributed by atoms with Gasteiger partial charge in [-0.1, -0.05) is 19.3 Å². The van der Waals surface area contributed by atoms with Gasteiger partial charge in [-0.15, -0.1) is 10.2 Å². The van der Waals surface area contributed by atoms with Gasteiger partial charge in [-0.3, -0.25) is 4.90 Å². The van der Waals surface area contributed by atoms with E-state index in [1.54, 1.807) is 0 Å². The average molecular weight is 234 g/mol. The van der Waals surface area contributed by atoms with Gasteiger partial charge in [-0.25, -0.2) is 0 Å². The van der Waals surface area contributed by atoms with E-state index in [9.17, 15) is 0 Å². The molecule has 4 heteroatoms. The van der Waals surface area contributed by atoms with Gasteiger partial charge in [0.25, 0.3) is 0 Å². The minimum atomic E-state index is 0.519. The molecule has 1 aromatic heterocycles. The largest absolute Gasteiger partial charge is 0.319 e.